The number of hydrogen-bond acceptors (Lipinski definition) is 4. The van der Waals surface area contributed by atoms with Crippen molar-refractivity contribution in [2.75, 3.05) is 19.8 Å². The van der Waals surface area contributed by atoms with Crippen molar-refractivity contribution in [1.82, 2.24) is 9.88 Å². The largest absolute Gasteiger partial charge is 0.394 e. The predicted molar refractivity (Wildman–Crippen MR) is 66.6 cm³/mol. The third kappa shape index (κ3) is 2.63. The van der Waals surface area contributed by atoms with E-state index in [2.05, 4.69) is 4.98 Å². The van der Waals surface area contributed by atoms with E-state index in [1.807, 2.05) is 6.92 Å². The molecule has 2 atom stereocenters. The first-order chi connectivity index (χ1) is 8.63. The van der Waals surface area contributed by atoms with Gasteiger partial charge < -0.3 is 14.7 Å². The van der Waals surface area contributed by atoms with Crippen molar-refractivity contribution in [3.63, 3.8) is 0 Å². The Kier molecular flexibility index (Phi) is 4.16. The highest BCUT2D eigenvalue weighted by molar-refractivity contribution is 6.32. The van der Waals surface area contributed by atoms with Crippen LogP contribution in [0.25, 0.3) is 0 Å². The second kappa shape index (κ2) is 5.65. The number of amides is 1. The van der Waals surface area contributed by atoms with Gasteiger partial charge in [0.2, 0.25) is 0 Å². The smallest absolute Gasteiger partial charge is 0.257 e. The number of pyridine rings is 1. The van der Waals surface area contributed by atoms with Crippen molar-refractivity contribution in [3.05, 3.63) is 29.0 Å². The molecular weight excluding hydrogens is 256 g/mol. The quantitative estimate of drug-likeness (QED) is 0.813. The number of hydrogen-bond donors (Lipinski definition) is 1. The average Bonchev–Trinajstić information content (AvgIpc) is 2.39. The zero-order valence-corrected chi connectivity index (χ0v) is 10.8. The molecule has 2 heterocycles. The summed E-state index contributed by atoms with van der Waals surface area (Å²) in [6, 6.07) is 3.28. The third-order valence-electron chi connectivity index (χ3n) is 2.96. The van der Waals surface area contributed by atoms with Crippen molar-refractivity contribution >= 4 is 17.5 Å². The summed E-state index contributed by atoms with van der Waals surface area (Å²) in [4.78, 5) is 17.9. The number of morpholine rings is 1. The molecule has 1 saturated heterocycles. The maximum atomic E-state index is 12.4. The van der Waals surface area contributed by atoms with Gasteiger partial charge in [-0.3, -0.25) is 4.79 Å². The second-order valence-electron chi connectivity index (χ2n) is 4.29. The minimum absolute atomic E-state index is 0.0448. The lowest BCUT2D eigenvalue weighted by Crippen LogP contribution is -2.52. The Morgan fingerprint density at radius 3 is 3.17 bits per heavy atom. The Morgan fingerprint density at radius 2 is 2.50 bits per heavy atom. The Balaban J connectivity index is 2.19. The van der Waals surface area contributed by atoms with Gasteiger partial charge in [-0.05, 0) is 19.1 Å². The molecule has 5 nitrogen and oxygen atoms in total. The number of carbonyl (C=O) groups excluding carboxylic acids is 1. The molecule has 98 valence electrons. The molecule has 1 aromatic heterocycles. The molecule has 1 fully saturated rings. The van der Waals surface area contributed by atoms with E-state index in [1.54, 1.807) is 23.2 Å². The number of carbonyl (C=O) groups is 1. The first kappa shape index (κ1) is 13.3. The zero-order valence-electron chi connectivity index (χ0n) is 10.0. The highest BCUT2D eigenvalue weighted by Crippen LogP contribution is 2.19. The number of nitrogens with zero attached hydrogens (tertiary/aromatic N) is 2. The van der Waals surface area contributed by atoms with Crippen LogP contribution in [0, 0.1) is 0 Å². The SMILES string of the molecule is CC1COC(CO)CN1C(=O)c1cccnc1Cl. The van der Waals surface area contributed by atoms with E-state index in [9.17, 15) is 4.79 Å². The molecule has 0 spiro atoms. The van der Waals surface area contributed by atoms with Crippen molar-refractivity contribution in [2.24, 2.45) is 0 Å². The molecule has 1 aliphatic heterocycles. The summed E-state index contributed by atoms with van der Waals surface area (Å²) in [5.74, 6) is -0.178. The van der Waals surface area contributed by atoms with Gasteiger partial charge in [0.25, 0.3) is 5.91 Å². The number of rotatable bonds is 2. The molecule has 1 amide bonds. The van der Waals surface area contributed by atoms with E-state index >= 15 is 0 Å². The highest BCUT2D eigenvalue weighted by Gasteiger charge is 2.30. The summed E-state index contributed by atoms with van der Waals surface area (Å²) in [7, 11) is 0. The summed E-state index contributed by atoms with van der Waals surface area (Å²) in [5.41, 5.74) is 0.379. The molecule has 6 heteroatoms. The van der Waals surface area contributed by atoms with E-state index in [0.29, 0.717) is 18.7 Å². The van der Waals surface area contributed by atoms with Crippen LogP contribution in [0.15, 0.2) is 18.3 Å². The van der Waals surface area contributed by atoms with Crippen LogP contribution in [-0.4, -0.2) is 52.8 Å². The average molecular weight is 271 g/mol. The van der Waals surface area contributed by atoms with Crippen LogP contribution < -0.4 is 0 Å². The van der Waals surface area contributed by atoms with Gasteiger partial charge in [-0.25, -0.2) is 4.98 Å². The first-order valence-electron chi connectivity index (χ1n) is 5.77. The lowest BCUT2D eigenvalue weighted by molar-refractivity contribution is -0.0667. The summed E-state index contributed by atoms with van der Waals surface area (Å²) < 4.78 is 5.39. The van der Waals surface area contributed by atoms with Crippen molar-refractivity contribution < 1.29 is 14.6 Å². The van der Waals surface area contributed by atoms with E-state index in [1.165, 1.54) is 0 Å². The minimum Gasteiger partial charge on any atom is -0.394 e. The maximum absolute atomic E-state index is 12.4. The van der Waals surface area contributed by atoms with Crippen molar-refractivity contribution in [3.8, 4) is 0 Å². The number of halogens is 1. The number of ether oxygens (including phenoxy) is 1. The van der Waals surface area contributed by atoms with E-state index in [4.69, 9.17) is 21.4 Å². The van der Waals surface area contributed by atoms with Gasteiger partial charge in [-0.1, -0.05) is 11.6 Å². The summed E-state index contributed by atoms with van der Waals surface area (Å²) >= 11 is 5.92. The van der Waals surface area contributed by atoms with Gasteiger partial charge in [0.05, 0.1) is 30.9 Å². The van der Waals surface area contributed by atoms with Crippen LogP contribution in [0.4, 0.5) is 0 Å². The van der Waals surface area contributed by atoms with E-state index in [0.717, 1.165) is 0 Å². The zero-order chi connectivity index (χ0) is 13.1. The van der Waals surface area contributed by atoms with Crippen LogP contribution in [-0.2, 0) is 4.74 Å². The van der Waals surface area contributed by atoms with E-state index in [-0.39, 0.29) is 29.8 Å². The molecule has 0 saturated carbocycles. The molecule has 0 radical (unpaired) electrons. The molecule has 0 aromatic carbocycles. The Bertz CT molecular complexity index is 441. The Hall–Kier alpha value is -1.17. The molecule has 0 aliphatic carbocycles. The molecule has 1 N–H and O–H groups in total. The normalized spacial score (nSPS) is 24.1. The van der Waals surface area contributed by atoms with Crippen molar-refractivity contribution in [1.29, 1.82) is 0 Å². The molecule has 2 unspecified atom stereocenters. The lowest BCUT2D eigenvalue weighted by atomic mass is 10.1. The molecule has 18 heavy (non-hydrogen) atoms. The van der Waals surface area contributed by atoms with Gasteiger partial charge in [0.1, 0.15) is 5.15 Å². The van der Waals surface area contributed by atoms with Crippen LogP contribution in [0.1, 0.15) is 17.3 Å². The Morgan fingerprint density at radius 1 is 1.72 bits per heavy atom. The molecule has 2 rings (SSSR count). The van der Waals surface area contributed by atoms with Gasteiger partial charge in [-0.2, -0.15) is 0 Å². The van der Waals surface area contributed by atoms with Crippen LogP contribution in [0.3, 0.4) is 0 Å². The van der Waals surface area contributed by atoms with Crippen molar-refractivity contribution in [2.45, 2.75) is 19.1 Å². The molecule has 0 bridgehead atoms. The summed E-state index contributed by atoms with van der Waals surface area (Å²) in [6.45, 7) is 2.57. The lowest BCUT2D eigenvalue weighted by Gasteiger charge is -2.37. The minimum atomic E-state index is -0.333. The number of aliphatic hydroxyl groups excluding tert-OH is 1. The highest BCUT2D eigenvalue weighted by atomic mass is 35.5. The maximum Gasteiger partial charge on any atom is 0.257 e. The van der Waals surface area contributed by atoms with Gasteiger partial charge in [0.15, 0.2) is 0 Å². The fourth-order valence-electron chi connectivity index (χ4n) is 1.91. The van der Waals surface area contributed by atoms with Gasteiger partial charge in [0, 0.05) is 12.7 Å². The van der Waals surface area contributed by atoms with Crippen LogP contribution in [0.5, 0.6) is 0 Å². The fraction of sp³-hybridized carbons (Fsp3) is 0.500. The Labute approximate surface area is 110 Å². The number of aromatic nitrogens is 1. The summed E-state index contributed by atoms with van der Waals surface area (Å²) in [5, 5.41) is 9.30. The van der Waals surface area contributed by atoms with Gasteiger partial charge in [-0.15, -0.1) is 0 Å². The topological polar surface area (TPSA) is 62.7 Å². The first-order valence-corrected chi connectivity index (χ1v) is 6.15. The molecule has 1 aliphatic rings. The number of aliphatic hydroxyl groups is 1. The molecular formula is C12H15ClN2O3. The fourth-order valence-corrected chi connectivity index (χ4v) is 2.11. The van der Waals surface area contributed by atoms with Crippen LogP contribution >= 0.6 is 11.6 Å². The van der Waals surface area contributed by atoms with E-state index < -0.39 is 0 Å². The van der Waals surface area contributed by atoms with Gasteiger partial charge >= 0.3 is 0 Å². The standard InChI is InChI=1S/C12H15ClN2O3/c1-8-7-18-9(6-16)5-15(8)12(17)10-3-2-4-14-11(10)13/h2-4,8-9,16H,5-7H2,1H3. The molecule has 1 aromatic rings. The monoisotopic (exact) mass is 270 g/mol. The third-order valence-corrected chi connectivity index (χ3v) is 3.26. The summed E-state index contributed by atoms with van der Waals surface area (Å²) in [6.07, 6.45) is 1.21. The second-order valence-corrected chi connectivity index (χ2v) is 4.64. The van der Waals surface area contributed by atoms with Crippen LogP contribution in [0.2, 0.25) is 5.15 Å². The predicted octanol–water partition coefficient (Wildman–Crippen LogP) is 0.957.